The van der Waals surface area contributed by atoms with Crippen molar-refractivity contribution in [3.8, 4) is 11.5 Å². The van der Waals surface area contributed by atoms with Gasteiger partial charge in [-0.25, -0.2) is 4.79 Å². The largest absolute Gasteiger partial charge is 0.454 e. The molecule has 142 valence electrons. The summed E-state index contributed by atoms with van der Waals surface area (Å²) in [6.07, 6.45) is 0. The molecule has 27 heavy (non-hydrogen) atoms. The van der Waals surface area contributed by atoms with Gasteiger partial charge in [0.25, 0.3) is 5.91 Å². The van der Waals surface area contributed by atoms with E-state index in [1.807, 2.05) is 55.6 Å². The molecule has 7 heteroatoms. The first-order valence-corrected chi connectivity index (χ1v) is 8.93. The molecule has 1 aliphatic rings. The molecule has 1 aliphatic heterocycles. The highest BCUT2D eigenvalue weighted by atomic mass is 16.7. The molecule has 0 bridgehead atoms. The number of carbonyl (C=O) groups is 2. The van der Waals surface area contributed by atoms with E-state index in [0.29, 0.717) is 18.8 Å². The van der Waals surface area contributed by atoms with Crippen LogP contribution in [0, 0.1) is 0 Å². The Balaban J connectivity index is 1.79. The lowest BCUT2D eigenvalue weighted by Crippen LogP contribution is -3.09. The SMILES string of the molecule is CCNC(=O)NC(=O)[C@@H](c1ccccc1)[NH+](C)Cc1ccc2c(c1)OCO2. The first-order chi connectivity index (χ1) is 13.1. The lowest BCUT2D eigenvalue weighted by Gasteiger charge is -2.24. The number of fused-ring (bicyclic) bond motifs is 1. The first kappa shape index (κ1) is 18.7. The van der Waals surface area contributed by atoms with Crippen LogP contribution in [-0.2, 0) is 11.3 Å². The van der Waals surface area contributed by atoms with Crippen LogP contribution in [0.3, 0.4) is 0 Å². The van der Waals surface area contributed by atoms with E-state index in [1.165, 1.54) is 0 Å². The number of nitrogens with one attached hydrogen (secondary N) is 3. The summed E-state index contributed by atoms with van der Waals surface area (Å²) in [6, 6.07) is 14.2. The third-order valence-corrected chi connectivity index (χ3v) is 4.38. The molecule has 2 aromatic carbocycles. The molecule has 0 saturated carbocycles. The Bertz CT molecular complexity index is 810. The van der Waals surface area contributed by atoms with Gasteiger partial charge in [-0.1, -0.05) is 30.3 Å². The van der Waals surface area contributed by atoms with Gasteiger partial charge < -0.3 is 19.7 Å². The Hall–Kier alpha value is -3.06. The van der Waals surface area contributed by atoms with Crippen LogP contribution >= 0.6 is 0 Å². The van der Waals surface area contributed by atoms with Gasteiger partial charge in [-0.15, -0.1) is 0 Å². The average molecular weight is 370 g/mol. The monoisotopic (exact) mass is 370 g/mol. The maximum absolute atomic E-state index is 12.8. The van der Waals surface area contributed by atoms with Gasteiger partial charge in [0, 0.05) is 17.7 Å². The van der Waals surface area contributed by atoms with E-state index in [2.05, 4.69) is 10.6 Å². The topological polar surface area (TPSA) is 81.1 Å². The average Bonchev–Trinajstić information content (AvgIpc) is 3.10. The van der Waals surface area contributed by atoms with Crippen molar-refractivity contribution in [3.05, 3.63) is 59.7 Å². The highest BCUT2D eigenvalue weighted by Crippen LogP contribution is 2.32. The van der Waals surface area contributed by atoms with Crippen molar-refractivity contribution < 1.29 is 24.0 Å². The van der Waals surface area contributed by atoms with Crippen molar-refractivity contribution in [2.24, 2.45) is 0 Å². The highest BCUT2D eigenvalue weighted by molar-refractivity contribution is 5.96. The van der Waals surface area contributed by atoms with Crippen molar-refractivity contribution >= 4 is 11.9 Å². The third-order valence-electron chi connectivity index (χ3n) is 4.38. The number of imide groups is 1. The standard InChI is InChI=1S/C20H23N3O4/c1-3-21-20(25)22-19(24)18(15-7-5-4-6-8-15)23(2)12-14-9-10-16-17(11-14)27-13-26-16/h4-11,18H,3,12-13H2,1-2H3,(H2,21,22,24,25)/p+1/t18-/m1/s1. The van der Waals surface area contributed by atoms with E-state index >= 15 is 0 Å². The molecule has 1 heterocycles. The number of benzene rings is 2. The summed E-state index contributed by atoms with van der Waals surface area (Å²) in [6.45, 7) is 3.06. The van der Waals surface area contributed by atoms with Gasteiger partial charge in [0.05, 0.1) is 7.05 Å². The summed E-state index contributed by atoms with van der Waals surface area (Å²) >= 11 is 0. The molecule has 7 nitrogen and oxygen atoms in total. The maximum atomic E-state index is 12.8. The Morgan fingerprint density at radius 2 is 1.85 bits per heavy atom. The molecule has 0 aromatic heterocycles. The van der Waals surface area contributed by atoms with Crippen LogP contribution in [0.2, 0.25) is 0 Å². The summed E-state index contributed by atoms with van der Waals surface area (Å²) in [7, 11) is 1.93. The van der Waals surface area contributed by atoms with E-state index in [1.54, 1.807) is 6.92 Å². The molecule has 0 fully saturated rings. The molecular formula is C20H24N3O4+. The van der Waals surface area contributed by atoms with Crippen LogP contribution in [0.5, 0.6) is 11.5 Å². The lowest BCUT2D eigenvalue weighted by atomic mass is 10.0. The van der Waals surface area contributed by atoms with Gasteiger partial charge in [-0.05, 0) is 25.1 Å². The van der Waals surface area contributed by atoms with Crippen molar-refractivity contribution in [2.45, 2.75) is 19.5 Å². The number of urea groups is 1. The van der Waals surface area contributed by atoms with Gasteiger partial charge in [0.2, 0.25) is 6.79 Å². The molecule has 0 spiro atoms. The van der Waals surface area contributed by atoms with Crippen molar-refractivity contribution in [1.29, 1.82) is 0 Å². The van der Waals surface area contributed by atoms with E-state index in [9.17, 15) is 9.59 Å². The molecule has 2 atom stereocenters. The van der Waals surface area contributed by atoms with E-state index in [4.69, 9.17) is 9.47 Å². The van der Waals surface area contributed by atoms with Gasteiger partial charge >= 0.3 is 6.03 Å². The van der Waals surface area contributed by atoms with E-state index < -0.39 is 12.1 Å². The molecular weight excluding hydrogens is 346 g/mol. The minimum atomic E-state index is -0.528. The molecule has 2 aromatic rings. The highest BCUT2D eigenvalue weighted by Gasteiger charge is 2.30. The second-order valence-electron chi connectivity index (χ2n) is 6.40. The van der Waals surface area contributed by atoms with Gasteiger partial charge in [-0.2, -0.15) is 0 Å². The van der Waals surface area contributed by atoms with Gasteiger partial charge in [0.1, 0.15) is 6.54 Å². The second-order valence-corrected chi connectivity index (χ2v) is 6.40. The number of ether oxygens (including phenoxy) is 2. The van der Waals surface area contributed by atoms with Gasteiger partial charge in [-0.3, -0.25) is 10.1 Å². The Labute approximate surface area is 158 Å². The Kier molecular flexibility index (Phi) is 5.93. The van der Waals surface area contributed by atoms with Crippen LogP contribution in [0.25, 0.3) is 0 Å². The summed E-state index contributed by atoms with van der Waals surface area (Å²) in [5.41, 5.74) is 1.86. The normalized spacial score (nSPS) is 14.3. The lowest BCUT2D eigenvalue weighted by molar-refractivity contribution is -0.916. The summed E-state index contributed by atoms with van der Waals surface area (Å²) in [4.78, 5) is 25.6. The fourth-order valence-electron chi connectivity index (χ4n) is 3.17. The van der Waals surface area contributed by atoms with Crippen LogP contribution in [-0.4, -0.2) is 32.3 Å². The number of quaternary nitrogens is 1. The molecule has 0 aliphatic carbocycles. The molecule has 0 radical (unpaired) electrons. The van der Waals surface area contributed by atoms with Crippen LogP contribution < -0.4 is 25.0 Å². The molecule has 3 N–H and O–H groups in total. The van der Waals surface area contributed by atoms with E-state index in [-0.39, 0.29) is 12.7 Å². The van der Waals surface area contributed by atoms with Gasteiger partial charge in [0.15, 0.2) is 17.5 Å². The Morgan fingerprint density at radius 3 is 2.59 bits per heavy atom. The number of rotatable bonds is 6. The van der Waals surface area contributed by atoms with Crippen molar-refractivity contribution in [2.75, 3.05) is 20.4 Å². The number of hydrogen-bond donors (Lipinski definition) is 3. The zero-order valence-electron chi connectivity index (χ0n) is 15.5. The zero-order chi connectivity index (χ0) is 19.2. The smallest absolute Gasteiger partial charge is 0.321 e. The predicted octanol–water partition coefficient (Wildman–Crippen LogP) is 1.02. The quantitative estimate of drug-likeness (QED) is 0.709. The first-order valence-electron chi connectivity index (χ1n) is 8.93. The molecule has 1 unspecified atom stereocenters. The second kappa shape index (κ2) is 8.55. The fraction of sp³-hybridized carbons (Fsp3) is 0.300. The van der Waals surface area contributed by atoms with Crippen LogP contribution in [0.4, 0.5) is 4.79 Å². The van der Waals surface area contributed by atoms with Crippen LogP contribution in [0.15, 0.2) is 48.5 Å². The summed E-state index contributed by atoms with van der Waals surface area (Å²) in [5, 5.41) is 5.02. The predicted molar refractivity (Wildman–Crippen MR) is 99.6 cm³/mol. The van der Waals surface area contributed by atoms with Crippen molar-refractivity contribution in [3.63, 3.8) is 0 Å². The number of hydrogen-bond acceptors (Lipinski definition) is 4. The minimum Gasteiger partial charge on any atom is -0.454 e. The number of likely N-dealkylation sites (N-methyl/N-ethyl adjacent to an activating group) is 1. The fourth-order valence-corrected chi connectivity index (χ4v) is 3.17. The molecule has 3 rings (SSSR count). The van der Waals surface area contributed by atoms with Crippen LogP contribution in [0.1, 0.15) is 24.1 Å². The number of carbonyl (C=O) groups excluding carboxylic acids is 2. The minimum absolute atomic E-state index is 0.225. The summed E-state index contributed by atoms with van der Waals surface area (Å²) < 4.78 is 10.8. The van der Waals surface area contributed by atoms with E-state index in [0.717, 1.165) is 21.8 Å². The molecule has 0 saturated heterocycles. The maximum Gasteiger partial charge on any atom is 0.321 e. The summed E-state index contributed by atoms with van der Waals surface area (Å²) in [5.74, 6) is 1.10. The molecule has 3 amide bonds. The zero-order valence-corrected chi connectivity index (χ0v) is 15.5. The van der Waals surface area contributed by atoms with Crippen molar-refractivity contribution in [1.82, 2.24) is 10.6 Å². The third kappa shape index (κ3) is 4.57. The Morgan fingerprint density at radius 1 is 1.11 bits per heavy atom. The number of amides is 3.